The van der Waals surface area contributed by atoms with Crippen LogP contribution in [0.15, 0.2) is 30.7 Å². The predicted octanol–water partition coefficient (Wildman–Crippen LogP) is 2.14. The fourth-order valence-electron chi connectivity index (χ4n) is 3.39. The molecule has 3 aromatic rings. The lowest BCUT2D eigenvalue weighted by Gasteiger charge is -2.22. The molecule has 1 amide bonds. The Morgan fingerprint density at radius 1 is 1.23 bits per heavy atom. The molecule has 3 aromatic heterocycles. The van der Waals surface area contributed by atoms with E-state index in [0.29, 0.717) is 23.6 Å². The molecule has 1 saturated carbocycles. The third-order valence-corrected chi connectivity index (χ3v) is 4.93. The lowest BCUT2D eigenvalue weighted by molar-refractivity contribution is 0.0929. The first-order valence-electron chi connectivity index (χ1n) is 9.07. The number of nitrogens with one attached hydrogen (secondary N) is 2. The highest BCUT2D eigenvalue weighted by Gasteiger charge is 2.20. The van der Waals surface area contributed by atoms with Crippen LogP contribution in [0.3, 0.4) is 0 Å². The van der Waals surface area contributed by atoms with Crippen molar-refractivity contribution in [2.45, 2.75) is 44.7 Å². The van der Waals surface area contributed by atoms with Crippen molar-refractivity contribution in [3.63, 3.8) is 0 Å². The number of aryl methyl sites for hydroxylation is 1. The van der Waals surface area contributed by atoms with Crippen molar-refractivity contribution >= 4 is 17.4 Å². The van der Waals surface area contributed by atoms with Gasteiger partial charge in [0.05, 0.1) is 18.4 Å². The molecular weight excluding hydrogens is 330 g/mol. The summed E-state index contributed by atoms with van der Waals surface area (Å²) >= 11 is 0. The van der Waals surface area contributed by atoms with Gasteiger partial charge in [0.2, 0.25) is 0 Å². The Labute approximate surface area is 151 Å². The number of rotatable bonds is 5. The molecule has 0 saturated heterocycles. The number of aromatic nitrogens is 5. The average Bonchev–Trinajstić information content (AvgIpc) is 3.26. The molecular formula is C18H23N7O. The van der Waals surface area contributed by atoms with Crippen molar-refractivity contribution in [3.05, 3.63) is 42.0 Å². The second-order valence-electron chi connectivity index (χ2n) is 6.75. The van der Waals surface area contributed by atoms with Gasteiger partial charge in [-0.3, -0.25) is 9.48 Å². The Kier molecular flexibility index (Phi) is 4.55. The minimum absolute atomic E-state index is 0.0943. The average molecular weight is 353 g/mol. The molecule has 0 radical (unpaired) electrons. The van der Waals surface area contributed by atoms with Crippen LogP contribution in [0.4, 0.5) is 5.82 Å². The largest absolute Gasteiger partial charge is 0.364 e. The highest BCUT2D eigenvalue weighted by molar-refractivity contribution is 5.99. The number of hydrogen-bond acceptors (Lipinski definition) is 5. The van der Waals surface area contributed by atoms with Crippen LogP contribution in [0.2, 0.25) is 0 Å². The molecule has 0 aliphatic heterocycles. The topological polar surface area (TPSA) is 89.1 Å². The van der Waals surface area contributed by atoms with E-state index in [1.165, 1.54) is 19.3 Å². The van der Waals surface area contributed by atoms with Crippen LogP contribution in [0.25, 0.3) is 5.65 Å². The summed E-state index contributed by atoms with van der Waals surface area (Å²) in [6, 6.07) is 4.06. The monoisotopic (exact) mass is 353 g/mol. The van der Waals surface area contributed by atoms with E-state index in [1.807, 2.05) is 30.1 Å². The van der Waals surface area contributed by atoms with Crippen molar-refractivity contribution < 1.29 is 4.79 Å². The second-order valence-corrected chi connectivity index (χ2v) is 6.75. The zero-order valence-electron chi connectivity index (χ0n) is 14.9. The van der Waals surface area contributed by atoms with Gasteiger partial charge < -0.3 is 10.6 Å². The SMILES string of the molecule is Cn1nccc1CNc1ccn2ncc(C(=O)NC3CCCCC3)c2n1. The van der Waals surface area contributed by atoms with Crippen LogP contribution in [-0.2, 0) is 13.6 Å². The first-order chi connectivity index (χ1) is 12.7. The maximum Gasteiger partial charge on any atom is 0.256 e. The van der Waals surface area contributed by atoms with E-state index in [1.54, 1.807) is 16.9 Å². The van der Waals surface area contributed by atoms with Gasteiger partial charge in [-0.2, -0.15) is 10.2 Å². The van der Waals surface area contributed by atoms with E-state index in [2.05, 4.69) is 25.8 Å². The molecule has 2 N–H and O–H groups in total. The van der Waals surface area contributed by atoms with Crippen molar-refractivity contribution in [2.24, 2.45) is 7.05 Å². The highest BCUT2D eigenvalue weighted by atomic mass is 16.1. The van der Waals surface area contributed by atoms with E-state index in [-0.39, 0.29) is 11.9 Å². The molecule has 8 heteroatoms. The van der Waals surface area contributed by atoms with Gasteiger partial charge in [0, 0.05) is 25.5 Å². The summed E-state index contributed by atoms with van der Waals surface area (Å²) in [5.41, 5.74) is 2.13. The van der Waals surface area contributed by atoms with E-state index >= 15 is 0 Å². The molecule has 4 rings (SSSR count). The van der Waals surface area contributed by atoms with Crippen LogP contribution >= 0.6 is 0 Å². The van der Waals surface area contributed by atoms with E-state index in [0.717, 1.165) is 18.5 Å². The number of anilines is 1. The normalized spacial score (nSPS) is 15.3. The molecule has 1 aliphatic rings. The molecule has 0 unspecified atom stereocenters. The van der Waals surface area contributed by atoms with Gasteiger partial charge in [-0.05, 0) is 25.0 Å². The summed E-state index contributed by atoms with van der Waals surface area (Å²) < 4.78 is 3.44. The third kappa shape index (κ3) is 3.40. The molecule has 3 heterocycles. The molecule has 8 nitrogen and oxygen atoms in total. The van der Waals surface area contributed by atoms with Gasteiger partial charge in [0.25, 0.3) is 5.91 Å². The number of carbonyl (C=O) groups is 1. The summed E-state index contributed by atoms with van der Waals surface area (Å²) in [5, 5.41) is 14.8. The van der Waals surface area contributed by atoms with E-state index < -0.39 is 0 Å². The number of carbonyl (C=O) groups excluding carboxylic acids is 1. The van der Waals surface area contributed by atoms with Crippen LogP contribution in [-0.4, -0.2) is 36.3 Å². The first-order valence-corrected chi connectivity index (χ1v) is 9.07. The van der Waals surface area contributed by atoms with Gasteiger partial charge in [0.1, 0.15) is 11.4 Å². The highest BCUT2D eigenvalue weighted by Crippen LogP contribution is 2.19. The van der Waals surface area contributed by atoms with E-state index in [9.17, 15) is 4.79 Å². The number of hydrogen-bond donors (Lipinski definition) is 2. The zero-order chi connectivity index (χ0) is 17.9. The molecule has 0 aromatic carbocycles. The fraction of sp³-hybridized carbons (Fsp3) is 0.444. The fourth-order valence-corrected chi connectivity index (χ4v) is 3.39. The summed E-state index contributed by atoms with van der Waals surface area (Å²) in [7, 11) is 1.90. The predicted molar refractivity (Wildman–Crippen MR) is 97.9 cm³/mol. The third-order valence-electron chi connectivity index (χ3n) is 4.93. The molecule has 136 valence electrons. The summed E-state index contributed by atoms with van der Waals surface area (Å²) in [6.45, 7) is 0.609. The molecule has 0 bridgehead atoms. The Hall–Kier alpha value is -2.90. The summed E-state index contributed by atoms with van der Waals surface area (Å²) in [6.07, 6.45) is 10.9. The maximum atomic E-state index is 12.7. The van der Waals surface area contributed by atoms with Crippen LogP contribution in [0, 0.1) is 0 Å². The molecule has 0 spiro atoms. The van der Waals surface area contributed by atoms with Crippen molar-refractivity contribution in [2.75, 3.05) is 5.32 Å². The van der Waals surface area contributed by atoms with Gasteiger partial charge in [-0.15, -0.1) is 0 Å². The van der Waals surface area contributed by atoms with Gasteiger partial charge >= 0.3 is 0 Å². The summed E-state index contributed by atoms with van der Waals surface area (Å²) in [5.74, 6) is 0.606. The smallest absolute Gasteiger partial charge is 0.256 e. The number of nitrogens with zero attached hydrogens (tertiary/aromatic N) is 5. The van der Waals surface area contributed by atoms with Gasteiger partial charge in [-0.1, -0.05) is 19.3 Å². The Morgan fingerprint density at radius 2 is 2.08 bits per heavy atom. The Morgan fingerprint density at radius 3 is 2.85 bits per heavy atom. The van der Waals surface area contributed by atoms with Crippen molar-refractivity contribution in [1.29, 1.82) is 0 Å². The Bertz CT molecular complexity index is 907. The quantitative estimate of drug-likeness (QED) is 0.733. The molecule has 26 heavy (non-hydrogen) atoms. The lowest BCUT2D eigenvalue weighted by atomic mass is 9.95. The molecule has 1 fully saturated rings. The van der Waals surface area contributed by atoms with Crippen molar-refractivity contribution in [1.82, 2.24) is 29.7 Å². The molecule has 1 aliphatic carbocycles. The standard InChI is InChI=1S/C18H23N7O/c1-24-14(7-9-20-24)11-19-16-8-10-25-17(23-16)15(12-21-25)18(26)22-13-5-3-2-4-6-13/h7-10,12-13H,2-6,11H2,1H3,(H,19,23)(H,22,26). The number of fused-ring (bicyclic) bond motifs is 1. The minimum atomic E-state index is -0.0943. The van der Waals surface area contributed by atoms with E-state index in [4.69, 9.17) is 0 Å². The first kappa shape index (κ1) is 16.6. The lowest BCUT2D eigenvalue weighted by Crippen LogP contribution is -2.36. The van der Waals surface area contributed by atoms with Gasteiger partial charge in [0.15, 0.2) is 5.65 Å². The zero-order valence-corrected chi connectivity index (χ0v) is 14.9. The van der Waals surface area contributed by atoms with Crippen LogP contribution in [0.1, 0.15) is 48.2 Å². The number of amides is 1. The molecule has 0 atom stereocenters. The van der Waals surface area contributed by atoms with Crippen LogP contribution in [0.5, 0.6) is 0 Å². The Balaban J connectivity index is 1.50. The minimum Gasteiger partial charge on any atom is -0.364 e. The maximum absolute atomic E-state index is 12.7. The van der Waals surface area contributed by atoms with Crippen LogP contribution < -0.4 is 10.6 Å². The van der Waals surface area contributed by atoms with Crippen molar-refractivity contribution in [3.8, 4) is 0 Å². The van der Waals surface area contributed by atoms with Gasteiger partial charge in [-0.25, -0.2) is 9.50 Å². The second kappa shape index (κ2) is 7.15. The summed E-state index contributed by atoms with van der Waals surface area (Å²) in [4.78, 5) is 17.2.